The fourth-order valence-corrected chi connectivity index (χ4v) is 9.49. The molecule has 0 atom stereocenters. The fourth-order valence-electron chi connectivity index (χ4n) is 9.49. The summed E-state index contributed by atoms with van der Waals surface area (Å²) in [5, 5.41) is 4.78. The number of fused-ring (bicyclic) bond motifs is 6. The van der Waals surface area contributed by atoms with Crippen LogP contribution >= 0.6 is 0 Å². The van der Waals surface area contributed by atoms with E-state index in [1.165, 1.54) is 38.1 Å². The van der Waals surface area contributed by atoms with Crippen LogP contribution in [0.2, 0.25) is 0 Å². The molecule has 5 heteroatoms. The molecule has 326 valence electrons. The highest BCUT2D eigenvalue weighted by molar-refractivity contribution is 6.20. The third kappa shape index (κ3) is 8.23. The van der Waals surface area contributed by atoms with E-state index in [0.717, 1.165) is 61.4 Å². The molecular formula is C63H49N5. The number of para-hydroxylation sites is 3. The summed E-state index contributed by atoms with van der Waals surface area (Å²) in [5.74, 6) is 0.976. The van der Waals surface area contributed by atoms with E-state index >= 15 is 0 Å². The van der Waals surface area contributed by atoms with Gasteiger partial charge in [-0.15, -0.1) is 0 Å². The molecule has 2 aromatic heterocycles. The maximum Gasteiger partial charge on any atom is 0.157 e. The van der Waals surface area contributed by atoms with Gasteiger partial charge in [-0.05, 0) is 82.8 Å². The molecule has 0 fully saturated rings. The molecule has 11 aromatic rings. The van der Waals surface area contributed by atoms with Gasteiger partial charge in [0.25, 0.3) is 0 Å². The average Bonchev–Trinajstić information content (AvgIpc) is 3.91. The molecule has 0 aliphatic rings. The zero-order valence-electron chi connectivity index (χ0n) is 37.9. The van der Waals surface area contributed by atoms with Gasteiger partial charge in [0, 0.05) is 50.5 Å². The summed E-state index contributed by atoms with van der Waals surface area (Å²) < 4.78 is 4.89. The van der Waals surface area contributed by atoms with Gasteiger partial charge in [0.1, 0.15) is 5.84 Å². The Kier molecular flexibility index (Phi) is 11.4. The molecule has 0 unspecified atom stereocenters. The van der Waals surface area contributed by atoms with E-state index in [4.69, 9.17) is 15.7 Å². The standard InChI is InChI=1S/C63H49N5/c1-44(62(64)66-63(65-43-46-23-9-3-10-24-46)50-37-35-48(36-38-50)47-25-11-4-12-26-47)39-54(49-27-13-5-14-28-49)59(40-45-21-7-2-8-22-45)68-58-34-20-18-32-53(58)56-41-60-55(42-61(56)68)52-31-17-19-33-57(52)67(60)51-29-15-6-16-30-51/h2-39,41-42H,40,43H2,1H3,(H2,64,65,66)/b44-39+,59-54-. The van der Waals surface area contributed by atoms with E-state index < -0.39 is 0 Å². The Hall–Kier alpha value is -8.80. The van der Waals surface area contributed by atoms with E-state index in [0.29, 0.717) is 24.6 Å². The summed E-state index contributed by atoms with van der Waals surface area (Å²) in [6.45, 7) is 2.53. The number of hydrogen-bond acceptors (Lipinski definition) is 1. The van der Waals surface area contributed by atoms with Gasteiger partial charge in [-0.2, -0.15) is 0 Å². The van der Waals surface area contributed by atoms with Gasteiger partial charge < -0.3 is 14.9 Å². The zero-order valence-corrected chi connectivity index (χ0v) is 37.9. The second-order valence-electron chi connectivity index (χ2n) is 17.2. The van der Waals surface area contributed by atoms with Crippen LogP contribution in [-0.2, 0) is 13.0 Å². The van der Waals surface area contributed by atoms with Crippen molar-refractivity contribution >= 4 is 66.6 Å². The number of benzene rings is 9. The minimum atomic E-state index is 0.397. The second kappa shape index (κ2) is 18.6. The van der Waals surface area contributed by atoms with E-state index in [-0.39, 0.29) is 0 Å². The lowest BCUT2D eigenvalue weighted by molar-refractivity contribution is 1.06. The summed E-state index contributed by atoms with van der Waals surface area (Å²) in [7, 11) is 0. The van der Waals surface area contributed by atoms with Crippen LogP contribution in [0.15, 0.2) is 258 Å². The number of aliphatic imine (C=N–C) groups is 2. The largest absolute Gasteiger partial charge is 0.383 e. The Morgan fingerprint density at radius 2 is 0.985 bits per heavy atom. The highest BCUT2D eigenvalue weighted by Crippen LogP contribution is 2.41. The molecular weight excluding hydrogens is 827 g/mol. The number of rotatable bonds is 11. The first kappa shape index (κ1) is 41.9. The summed E-state index contributed by atoms with van der Waals surface area (Å²) in [5.41, 5.74) is 22.5. The van der Waals surface area contributed by atoms with Crippen molar-refractivity contribution in [2.75, 3.05) is 0 Å². The Balaban J connectivity index is 1.13. The fraction of sp³-hybridized carbons (Fsp3) is 0.0476. The van der Waals surface area contributed by atoms with Crippen LogP contribution < -0.4 is 5.73 Å². The normalized spacial score (nSPS) is 12.9. The van der Waals surface area contributed by atoms with Gasteiger partial charge >= 0.3 is 0 Å². The molecule has 68 heavy (non-hydrogen) atoms. The van der Waals surface area contributed by atoms with Crippen LogP contribution in [-0.4, -0.2) is 20.8 Å². The summed E-state index contributed by atoms with van der Waals surface area (Å²) >= 11 is 0. The van der Waals surface area contributed by atoms with Gasteiger partial charge in [-0.1, -0.05) is 200 Å². The zero-order chi connectivity index (χ0) is 45.8. The highest BCUT2D eigenvalue weighted by atomic mass is 15.0. The van der Waals surface area contributed by atoms with Crippen molar-refractivity contribution in [1.82, 2.24) is 9.13 Å². The Morgan fingerprint density at radius 3 is 1.66 bits per heavy atom. The molecule has 2 heterocycles. The van der Waals surface area contributed by atoms with E-state index in [2.05, 4.69) is 234 Å². The summed E-state index contributed by atoms with van der Waals surface area (Å²) in [6, 6.07) is 83.6. The Morgan fingerprint density at radius 1 is 0.471 bits per heavy atom. The first-order valence-corrected chi connectivity index (χ1v) is 23.2. The molecule has 5 nitrogen and oxygen atoms in total. The molecule has 0 amide bonds. The van der Waals surface area contributed by atoms with Crippen LogP contribution in [0.1, 0.15) is 29.2 Å². The third-order valence-corrected chi connectivity index (χ3v) is 12.9. The monoisotopic (exact) mass is 875 g/mol. The maximum atomic E-state index is 7.16. The van der Waals surface area contributed by atoms with Crippen molar-refractivity contribution in [3.8, 4) is 16.8 Å². The second-order valence-corrected chi connectivity index (χ2v) is 17.2. The number of nitrogens with zero attached hydrogens (tertiary/aromatic N) is 4. The van der Waals surface area contributed by atoms with Gasteiger partial charge in [0.05, 0.1) is 28.6 Å². The number of nitrogens with two attached hydrogens (primary N) is 1. The molecule has 0 aliphatic carbocycles. The number of allylic oxidation sites excluding steroid dienone is 3. The molecule has 9 aromatic carbocycles. The lowest BCUT2D eigenvalue weighted by Crippen LogP contribution is -2.17. The van der Waals surface area contributed by atoms with E-state index in [1.807, 2.05) is 24.3 Å². The maximum absolute atomic E-state index is 7.16. The minimum Gasteiger partial charge on any atom is -0.383 e. The van der Waals surface area contributed by atoms with Crippen molar-refractivity contribution in [3.05, 3.63) is 270 Å². The molecule has 0 spiro atoms. The van der Waals surface area contributed by atoms with Crippen LogP contribution in [0.4, 0.5) is 0 Å². The molecule has 0 bridgehead atoms. The van der Waals surface area contributed by atoms with Gasteiger partial charge in [0.15, 0.2) is 5.84 Å². The van der Waals surface area contributed by atoms with Crippen molar-refractivity contribution in [1.29, 1.82) is 0 Å². The molecule has 0 radical (unpaired) electrons. The molecule has 11 rings (SSSR count). The topological polar surface area (TPSA) is 60.6 Å². The van der Waals surface area contributed by atoms with Crippen LogP contribution in [0.3, 0.4) is 0 Å². The van der Waals surface area contributed by atoms with Crippen molar-refractivity contribution in [2.45, 2.75) is 19.9 Å². The number of hydrogen-bond donors (Lipinski definition) is 1. The van der Waals surface area contributed by atoms with Crippen LogP contribution in [0, 0.1) is 0 Å². The Bertz CT molecular complexity index is 3690. The first-order valence-electron chi connectivity index (χ1n) is 23.2. The molecule has 0 saturated heterocycles. The van der Waals surface area contributed by atoms with E-state index in [1.54, 1.807) is 0 Å². The predicted molar refractivity (Wildman–Crippen MR) is 287 cm³/mol. The van der Waals surface area contributed by atoms with Crippen molar-refractivity contribution < 1.29 is 0 Å². The van der Waals surface area contributed by atoms with Crippen molar-refractivity contribution in [3.63, 3.8) is 0 Å². The lowest BCUT2D eigenvalue weighted by atomic mass is 9.96. The Labute approximate surface area is 396 Å². The summed E-state index contributed by atoms with van der Waals surface area (Å²) in [4.78, 5) is 10.2. The average molecular weight is 876 g/mol. The highest BCUT2D eigenvalue weighted by Gasteiger charge is 2.22. The molecule has 0 aliphatic heterocycles. The van der Waals surface area contributed by atoms with E-state index in [9.17, 15) is 0 Å². The van der Waals surface area contributed by atoms with Crippen LogP contribution in [0.5, 0.6) is 0 Å². The summed E-state index contributed by atoms with van der Waals surface area (Å²) in [6.07, 6.45) is 2.88. The smallest absolute Gasteiger partial charge is 0.157 e. The number of amidine groups is 2. The van der Waals surface area contributed by atoms with Gasteiger partial charge in [-0.25, -0.2) is 4.99 Å². The number of aromatic nitrogens is 2. The third-order valence-electron chi connectivity index (χ3n) is 12.9. The minimum absolute atomic E-state index is 0.397. The first-order chi connectivity index (χ1) is 33.6. The predicted octanol–water partition coefficient (Wildman–Crippen LogP) is 15.1. The lowest BCUT2D eigenvalue weighted by Gasteiger charge is -2.19. The van der Waals surface area contributed by atoms with Crippen LogP contribution in [0.25, 0.3) is 71.7 Å². The SMILES string of the molecule is C/C(=C\C(=C(/Cc1ccccc1)n1c2ccccc2c2cc3c(cc21)c1ccccc1n3-c1ccccc1)c1ccccc1)C(N)=NC(=NCc1ccccc1)c1ccc(-c2ccccc2)cc1. The molecule has 0 saturated carbocycles. The molecule has 2 N–H and O–H groups in total. The quantitative estimate of drug-likeness (QED) is 0.0785. The van der Waals surface area contributed by atoms with Gasteiger partial charge in [0.2, 0.25) is 0 Å². The van der Waals surface area contributed by atoms with Gasteiger partial charge in [-0.3, -0.25) is 4.99 Å². The van der Waals surface area contributed by atoms with Crippen molar-refractivity contribution in [2.24, 2.45) is 15.7 Å².